The zero-order chi connectivity index (χ0) is 12.1. The first kappa shape index (κ1) is 13.0. The van der Waals surface area contributed by atoms with Crippen LogP contribution in [0, 0.1) is 6.92 Å². The number of hydrogen-bond donors (Lipinski definition) is 2. The van der Waals surface area contributed by atoms with Gasteiger partial charge in [-0.2, -0.15) is 0 Å². The van der Waals surface area contributed by atoms with E-state index in [1.165, 1.54) is 0 Å². The topological polar surface area (TPSA) is 55.1 Å². The molecule has 0 spiro atoms. The largest absolute Gasteiger partial charge is 0.397 e. The van der Waals surface area contributed by atoms with Crippen LogP contribution < -0.4 is 11.1 Å². The molecule has 0 unspecified atom stereocenters. The zero-order valence-corrected chi connectivity index (χ0v) is 11.2. The number of halogens is 1. The Bertz CT molecular complexity index is 368. The molecule has 0 aromatic heterocycles. The third-order valence-corrected chi connectivity index (χ3v) is 2.91. The van der Waals surface area contributed by atoms with Gasteiger partial charge in [-0.1, -0.05) is 13.3 Å². The maximum atomic E-state index is 11.6. The maximum Gasteiger partial charge on any atom is 0.224 e. The van der Waals surface area contributed by atoms with E-state index in [9.17, 15) is 4.79 Å². The van der Waals surface area contributed by atoms with Gasteiger partial charge < -0.3 is 11.1 Å². The lowest BCUT2D eigenvalue weighted by Gasteiger charge is -2.11. The Labute approximate surface area is 105 Å². The van der Waals surface area contributed by atoms with E-state index in [4.69, 9.17) is 5.73 Å². The highest BCUT2D eigenvalue weighted by atomic mass is 79.9. The van der Waals surface area contributed by atoms with Crippen molar-refractivity contribution in [3.63, 3.8) is 0 Å². The predicted octanol–water partition coefficient (Wildman–Crippen LogP) is 3.47. The van der Waals surface area contributed by atoms with E-state index in [1.807, 2.05) is 19.1 Å². The van der Waals surface area contributed by atoms with Gasteiger partial charge in [-0.25, -0.2) is 0 Å². The normalized spacial score (nSPS) is 10.2. The molecule has 1 rings (SSSR count). The smallest absolute Gasteiger partial charge is 0.224 e. The van der Waals surface area contributed by atoms with Gasteiger partial charge in [0.25, 0.3) is 0 Å². The number of nitrogens with two attached hydrogens (primary N) is 1. The Morgan fingerprint density at radius 3 is 2.75 bits per heavy atom. The number of amides is 1. The Morgan fingerprint density at radius 2 is 2.19 bits per heavy atom. The molecule has 0 bridgehead atoms. The summed E-state index contributed by atoms with van der Waals surface area (Å²) in [4.78, 5) is 11.6. The van der Waals surface area contributed by atoms with E-state index in [2.05, 4.69) is 28.2 Å². The number of aryl methyl sites for hydroxylation is 1. The number of carbonyl (C=O) groups is 1. The predicted molar refractivity (Wildman–Crippen MR) is 71.4 cm³/mol. The number of carbonyl (C=O) groups excluding carboxylic acids is 1. The van der Waals surface area contributed by atoms with Gasteiger partial charge in [0, 0.05) is 10.9 Å². The second-order valence-corrected chi connectivity index (χ2v) is 4.72. The molecule has 0 aliphatic rings. The van der Waals surface area contributed by atoms with Crippen molar-refractivity contribution in [3.8, 4) is 0 Å². The molecule has 0 saturated carbocycles. The fraction of sp³-hybridized carbons (Fsp3) is 0.417. The van der Waals surface area contributed by atoms with Crippen molar-refractivity contribution in [1.29, 1.82) is 0 Å². The van der Waals surface area contributed by atoms with Crippen LogP contribution in [0.1, 0.15) is 31.7 Å². The molecule has 0 saturated heterocycles. The molecule has 1 amide bonds. The summed E-state index contributed by atoms with van der Waals surface area (Å²) in [5.74, 6) is 0.0121. The van der Waals surface area contributed by atoms with E-state index in [1.54, 1.807) is 0 Å². The van der Waals surface area contributed by atoms with Crippen molar-refractivity contribution < 1.29 is 4.79 Å². The highest BCUT2D eigenvalue weighted by molar-refractivity contribution is 9.10. The Kier molecular flexibility index (Phi) is 4.80. The third-order valence-electron chi connectivity index (χ3n) is 2.29. The van der Waals surface area contributed by atoms with Crippen molar-refractivity contribution in [1.82, 2.24) is 0 Å². The molecule has 0 fully saturated rings. The monoisotopic (exact) mass is 284 g/mol. The van der Waals surface area contributed by atoms with Crippen molar-refractivity contribution >= 4 is 33.2 Å². The van der Waals surface area contributed by atoms with Gasteiger partial charge >= 0.3 is 0 Å². The van der Waals surface area contributed by atoms with Crippen LogP contribution in [0.15, 0.2) is 16.6 Å². The van der Waals surface area contributed by atoms with Crippen LogP contribution >= 0.6 is 15.9 Å². The van der Waals surface area contributed by atoms with Crippen LogP contribution in [0.3, 0.4) is 0 Å². The van der Waals surface area contributed by atoms with Crippen LogP contribution in [-0.4, -0.2) is 5.91 Å². The van der Waals surface area contributed by atoms with Gasteiger partial charge in [-0.3, -0.25) is 4.79 Å². The van der Waals surface area contributed by atoms with Gasteiger partial charge in [0.2, 0.25) is 5.91 Å². The molecule has 16 heavy (non-hydrogen) atoms. The molecule has 0 aliphatic carbocycles. The van der Waals surface area contributed by atoms with Gasteiger partial charge in [0.1, 0.15) is 0 Å². The molecule has 3 N–H and O–H groups in total. The van der Waals surface area contributed by atoms with Crippen LogP contribution in [0.25, 0.3) is 0 Å². The van der Waals surface area contributed by atoms with Gasteiger partial charge in [0.15, 0.2) is 0 Å². The van der Waals surface area contributed by atoms with Crippen LogP contribution in [0.4, 0.5) is 11.4 Å². The number of benzene rings is 1. The molecular weight excluding hydrogens is 268 g/mol. The summed E-state index contributed by atoms with van der Waals surface area (Å²) >= 11 is 3.40. The van der Waals surface area contributed by atoms with E-state index in [0.717, 1.165) is 22.9 Å². The Balaban J connectivity index is 2.77. The van der Waals surface area contributed by atoms with Gasteiger partial charge in [-0.05, 0) is 47.0 Å². The number of hydrogen-bond acceptors (Lipinski definition) is 2. The first-order chi connectivity index (χ1) is 7.54. The lowest BCUT2D eigenvalue weighted by Crippen LogP contribution is -2.13. The fourth-order valence-corrected chi connectivity index (χ4v) is 2.13. The summed E-state index contributed by atoms with van der Waals surface area (Å²) in [7, 11) is 0. The fourth-order valence-electron chi connectivity index (χ4n) is 1.44. The average molecular weight is 285 g/mol. The number of nitrogens with one attached hydrogen (secondary N) is 1. The number of unbranched alkanes of at least 4 members (excludes halogenated alkanes) is 1. The minimum Gasteiger partial charge on any atom is -0.397 e. The van der Waals surface area contributed by atoms with Gasteiger partial charge in [0.05, 0.1) is 11.4 Å². The quantitative estimate of drug-likeness (QED) is 0.832. The zero-order valence-electron chi connectivity index (χ0n) is 9.64. The highest BCUT2D eigenvalue weighted by Gasteiger charge is 2.09. The first-order valence-electron chi connectivity index (χ1n) is 5.40. The molecule has 4 heteroatoms. The molecular formula is C12H17BrN2O. The molecule has 0 atom stereocenters. The lowest BCUT2D eigenvalue weighted by molar-refractivity contribution is -0.116. The molecule has 1 aromatic carbocycles. The summed E-state index contributed by atoms with van der Waals surface area (Å²) in [5, 5.41) is 2.83. The van der Waals surface area contributed by atoms with Crippen LogP contribution in [-0.2, 0) is 4.79 Å². The molecule has 3 nitrogen and oxygen atoms in total. The summed E-state index contributed by atoms with van der Waals surface area (Å²) in [5.41, 5.74) is 8.19. The number of anilines is 2. The Morgan fingerprint density at radius 1 is 1.50 bits per heavy atom. The number of rotatable bonds is 4. The molecule has 88 valence electrons. The standard InChI is InChI=1S/C12H17BrN2O/c1-3-4-5-11(16)15-12-9(13)6-8(2)7-10(12)14/h6-7H,3-5,14H2,1-2H3,(H,15,16). The summed E-state index contributed by atoms with van der Waals surface area (Å²) in [6.45, 7) is 4.02. The van der Waals surface area contributed by atoms with E-state index in [-0.39, 0.29) is 5.91 Å². The number of nitrogen functional groups attached to an aromatic ring is 1. The minimum atomic E-state index is 0.0121. The first-order valence-corrected chi connectivity index (χ1v) is 6.19. The van der Waals surface area contributed by atoms with Crippen molar-refractivity contribution in [3.05, 3.63) is 22.2 Å². The SMILES string of the molecule is CCCCC(=O)Nc1c(N)cc(C)cc1Br. The lowest BCUT2D eigenvalue weighted by atomic mass is 10.2. The van der Waals surface area contributed by atoms with Gasteiger partial charge in [-0.15, -0.1) is 0 Å². The van der Waals surface area contributed by atoms with E-state index < -0.39 is 0 Å². The third kappa shape index (κ3) is 3.52. The van der Waals surface area contributed by atoms with Crippen molar-refractivity contribution in [2.75, 3.05) is 11.1 Å². The van der Waals surface area contributed by atoms with Crippen LogP contribution in [0.2, 0.25) is 0 Å². The average Bonchev–Trinajstić information content (AvgIpc) is 2.20. The molecule has 0 heterocycles. The summed E-state index contributed by atoms with van der Waals surface area (Å²) < 4.78 is 0.829. The maximum absolute atomic E-state index is 11.6. The van der Waals surface area contributed by atoms with E-state index >= 15 is 0 Å². The highest BCUT2D eigenvalue weighted by Crippen LogP contribution is 2.30. The Hall–Kier alpha value is -1.03. The van der Waals surface area contributed by atoms with E-state index in [0.29, 0.717) is 17.8 Å². The van der Waals surface area contributed by atoms with Crippen molar-refractivity contribution in [2.45, 2.75) is 33.1 Å². The second kappa shape index (κ2) is 5.89. The summed E-state index contributed by atoms with van der Waals surface area (Å²) in [6, 6.07) is 3.78. The molecule has 0 radical (unpaired) electrons. The molecule has 0 aliphatic heterocycles. The van der Waals surface area contributed by atoms with Crippen LogP contribution in [0.5, 0.6) is 0 Å². The summed E-state index contributed by atoms with van der Waals surface area (Å²) in [6.07, 6.45) is 2.45. The van der Waals surface area contributed by atoms with Crippen molar-refractivity contribution in [2.24, 2.45) is 0 Å². The minimum absolute atomic E-state index is 0.0121. The molecule has 1 aromatic rings. The second-order valence-electron chi connectivity index (χ2n) is 3.86.